The third-order valence-corrected chi connectivity index (χ3v) is 2.80. The lowest BCUT2D eigenvalue weighted by Crippen LogP contribution is -2.38. The van der Waals surface area contributed by atoms with Gasteiger partial charge in [-0.1, -0.05) is 6.58 Å². The van der Waals surface area contributed by atoms with E-state index in [1.165, 1.54) is 0 Å². The fourth-order valence-electron chi connectivity index (χ4n) is 1.99. The number of carbonyl (C=O) groups excluding carboxylic acids is 1. The second-order valence-corrected chi connectivity index (χ2v) is 5.98. The van der Waals surface area contributed by atoms with E-state index in [1.807, 2.05) is 0 Å². The highest BCUT2D eigenvalue weighted by molar-refractivity contribution is 5.68. The van der Waals surface area contributed by atoms with E-state index < -0.39 is 6.09 Å². The summed E-state index contributed by atoms with van der Waals surface area (Å²) < 4.78 is 10.6. The normalized spacial score (nSPS) is 20.3. The molecule has 5 nitrogen and oxygen atoms in total. The van der Waals surface area contributed by atoms with Gasteiger partial charge in [0.25, 0.3) is 0 Å². The van der Waals surface area contributed by atoms with Crippen molar-refractivity contribution in [2.45, 2.75) is 45.8 Å². The Balaban J connectivity index is 2.19. The maximum Gasteiger partial charge on any atom is 0.412 e. The minimum atomic E-state index is -0.412. The number of rotatable bonds is 5. The van der Waals surface area contributed by atoms with Crippen LogP contribution in [0.15, 0.2) is 12.3 Å². The lowest BCUT2D eigenvalue weighted by atomic mass is 10.2. The Hall–Kier alpha value is -1.07. The molecule has 0 aromatic rings. The molecule has 19 heavy (non-hydrogen) atoms. The van der Waals surface area contributed by atoms with Crippen molar-refractivity contribution in [2.75, 3.05) is 26.2 Å². The number of allylic oxidation sites excluding steroid dienone is 1. The van der Waals surface area contributed by atoms with Crippen molar-refractivity contribution in [3.63, 3.8) is 0 Å². The van der Waals surface area contributed by atoms with Crippen LogP contribution in [0.1, 0.15) is 34.1 Å². The van der Waals surface area contributed by atoms with Crippen molar-refractivity contribution in [1.82, 2.24) is 10.2 Å². The molecular formula is C14H26N2O3. The summed E-state index contributed by atoms with van der Waals surface area (Å²) in [6, 6.07) is 0.154. The first-order valence-corrected chi connectivity index (χ1v) is 6.76. The third-order valence-electron chi connectivity index (χ3n) is 2.80. The maximum atomic E-state index is 11.4. The zero-order valence-electron chi connectivity index (χ0n) is 12.5. The van der Waals surface area contributed by atoms with Gasteiger partial charge >= 0.3 is 6.09 Å². The summed E-state index contributed by atoms with van der Waals surface area (Å²) in [4.78, 5) is 13.7. The lowest BCUT2D eigenvalue weighted by Gasteiger charge is -2.22. The molecule has 1 aliphatic rings. The average molecular weight is 270 g/mol. The van der Waals surface area contributed by atoms with Gasteiger partial charge in [0.05, 0.1) is 18.0 Å². The summed E-state index contributed by atoms with van der Waals surface area (Å²) in [5, 5.41) is 2.84. The lowest BCUT2D eigenvalue weighted by molar-refractivity contribution is -0.0110. The smallest absolute Gasteiger partial charge is 0.412 e. The Bertz CT molecular complexity index is 323. The maximum absolute atomic E-state index is 11.4. The minimum Gasteiger partial charge on any atom is -0.416 e. The molecule has 1 rings (SSSR count). The largest absolute Gasteiger partial charge is 0.416 e. The number of ether oxygens (including phenoxy) is 2. The number of likely N-dealkylation sites (tertiary alicyclic amines) is 1. The molecule has 0 aromatic heterocycles. The molecule has 110 valence electrons. The van der Waals surface area contributed by atoms with E-state index in [4.69, 9.17) is 9.47 Å². The summed E-state index contributed by atoms with van der Waals surface area (Å²) in [7, 11) is 0. The Labute approximate surface area is 115 Å². The summed E-state index contributed by atoms with van der Waals surface area (Å²) in [5.41, 5.74) is -0.0946. The van der Waals surface area contributed by atoms with Crippen LogP contribution in [0.2, 0.25) is 0 Å². The van der Waals surface area contributed by atoms with Gasteiger partial charge in [0, 0.05) is 25.7 Å². The molecule has 0 spiro atoms. The van der Waals surface area contributed by atoms with Crippen molar-refractivity contribution in [2.24, 2.45) is 0 Å². The monoisotopic (exact) mass is 270 g/mol. The fourth-order valence-corrected chi connectivity index (χ4v) is 1.99. The molecule has 1 aliphatic heterocycles. The molecule has 0 saturated carbocycles. The van der Waals surface area contributed by atoms with Gasteiger partial charge in [0.2, 0.25) is 0 Å². The first kappa shape index (κ1) is 16.0. The highest BCUT2D eigenvalue weighted by Gasteiger charge is 2.24. The van der Waals surface area contributed by atoms with E-state index in [0.717, 1.165) is 26.1 Å². The molecular weight excluding hydrogens is 244 g/mol. The van der Waals surface area contributed by atoms with Crippen LogP contribution in [-0.2, 0) is 9.47 Å². The Morgan fingerprint density at radius 3 is 2.74 bits per heavy atom. The molecule has 0 aromatic carbocycles. The van der Waals surface area contributed by atoms with Gasteiger partial charge in [0.15, 0.2) is 0 Å². The first-order valence-electron chi connectivity index (χ1n) is 6.76. The van der Waals surface area contributed by atoms with Gasteiger partial charge < -0.3 is 14.8 Å². The van der Waals surface area contributed by atoms with Crippen LogP contribution in [0.4, 0.5) is 4.79 Å². The van der Waals surface area contributed by atoms with Crippen LogP contribution >= 0.6 is 0 Å². The summed E-state index contributed by atoms with van der Waals surface area (Å²) in [6.45, 7) is 14.8. The van der Waals surface area contributed by atoms with Crippen molar-refractivity contribution in [1.29, 1.82) is 0 Å². The van der Waals surface area contributed by atoms with E-state index in [2.05, 4.69) is 37.6 Å². The minimum absolute atomic E-state index is 0.0946. The zero-order chi connectivity index (χ0) is 14.5. The Kier molecular flexibility index (Phi) is 5.82. The molecule has 1 unspecified atom stereocenters. The predicted molar refractivity (Wildman–Crippen MR) is 75.0 cm³/mol. The molecule has 5 heteroatoms. The van der Waals surface area contributed by atoms with E-state index in [9.17, 15) is 4.79 Å². The van der Waals surface area contributed by atoms with Gasteiger partial charge in [0.1, 0.15) is 0 Å². The van der Waals surface area contributed by atoms with Crippen LogP contribution in [-0.4, -0.2) is 48.9 Å². The molecule has 1 amide bonds. The number of nitrogens with one attached hydrogen (secondary N) is 1. The Morgan fingerprint density at radius 2 is 2.16 bits per heavy atom. The van der Waals surface area contributed by atoms with Crippen LogP contribution in [0.25, 0.3) is 0 Å². The third kappa shape index (κ3) is 7.18. The first-order chi connectivity index (χ1) is 8.76. The van der Waals surface area contributed by atoms with Crippen LogP contribution in [0, 0.1) is 0 Å². The standard InChI is InChI=1S/C14H26N2O3/c1-11(2)19-13(17)15-12-6-7-16(10-12)8-9-18-14(3,4)5/h12H,1,6-10H2,2-5H3,(H,15,17). The van der Waals surface area contributed by atoms with Crippen molar-refractivity contribution < 1.29 is 14.3 Å². The topological polar surface area (TPSA) is 50.8 Å². The van der Waals surface area contributed by atoms with Crippen molar-refractivity contribution >= 4 is 6.09 Å². The van der Waals surface area contributed by atoms with Crippen LogP contribution in [0.3, 0.4) is 0 Å². The van der Waals surface area contributed by atoms with Gasteiger partial charge in [-0.05, 0) is 34.1 Å². The molecule has 0 radical (unpaired) electrons. The highest BCUT2D eigenvalue weighted by Crippen LogP contribution is 2.11. The van der Waals surface area contributed by atoms with E-state index in [1.54, 1.807) is 6.92 Å². The predicted octanol–water partition coefficient (Wildman–Crippen LogP) is 2.14. The summed E-state index contributed by atoms with van der Waals surface area (Å²) >= 11 is 0. The number of alkyl carbamates (subject to hydrolysis) is 1. The molecule has 1 heterocycles. The summed E-state index contributed by atoms with van der Waals surface area (Å²) in [5.74, 6) is 0.408. The van der Waals surface area contributed by atoms with E-state index >= 15 is 0 Å². The average Bonchev–Trinajstić information content (AvgIpc) is 2.62. The number of hydrogen-bond donors (Lipinski definition) is 1. The molecule has 1 fully saturated rings. The van der Waals surface area contributed by atoms with Gasteiger partial charge in [-0.15, -0.1) is 0 Å². The quantitative estimate of drug-likeness (QED) is 0.778. The second kappa shape index (κ2) is 6.91. The molecule has 0 bridgehead atoms. The zero-order valence-corrected chi connectivity index (χ0v) is 12.5. The van der Waals surface area contributed by atoms with Crippen LogP contribution < -0.4 is 5.32 Å². The van der Waals surface area contributed by atoms with Gasteiger partial charge in [-0.2, -0.15) is 0 Å². The van der Waals surface area contributed by atoms with Gasteiger partial charge in [-0.25, -0.2) is 4.79 Å². The van der Waals surface area contributed by atoms with Crippen molar-refractivity contribution in [3.05, 3.63) is 12.3 Å². The number of nitrogens with zero attached hydrogens (tertiary/aromatic N) is 1. The van der Waals surface area contributed by atoms with E-state index in [0.29, 0.717) is 12.4 Å². The highest BCUT2D eigenvalue weighted by atomic mass is 16.6. The number of hydrogen-bond acceptors (Lipinski definition) is 4. The Morgan fingerprint density at radius 1 is 1.47 bits per heavy atom. The number of amides is 1. The fraction of sp³-hybridized carbons (Fsp3) is 0.786. The second-order valence-electron chi connectivity index (χ2n) is 5.98. The van der Waals surface area contributed by atoms with Gasteiger partial charge in [-0.3, -0.25) is 4.90 Å². The van der Waals surface area contributed by atoms with Crippen molar-refractivity contribution in [3.8, 4) is 0 Å². The summed E-state index contributed by atoms with van der Waals surface area (Å²) in [6.07, 6.45) is 0.533. The molecule has 1 saturated heterocycles. The van der Waals surface area contributed by atoms with E-state index in [-0.39, 0.29) is 11.6 Å². The molecule has 1 N–H and O–H groups in total. The van der Waals surface area contributed by atoms with Crippen LogP contribution in [0.5, 0.6) is 0 Å². The number of carbonyl (C=O) groups is 1. The SMILES string of the molecule is C=C(C)OC(=O)NC1CCN(CCOC(C)(C)C)C1. The molecule has 0 aliphatic carbocycles. The molecule has 1 atom stereocenters.